The topological polar surface area (TPSA) is 77.8 Å². The van der Waals surface area contributed by atoms with E-state index in [9.17, 15) is 15.0 Å². The molecule has 0 aromatic rings. The van der Waals surface area contributed by atoms with E-state index >= 15 is 0 Å². The molecule has 4 nitrogen and oxygen atoms in total. The van der Waals surface area contributed by atoms with Gasteiger partial charge >= 0.3 is 5.97 Å². The zero-order valence-electron chi connectivity index (χ0n) is 17.1. The van der Waals surface area contributed by atoms with Crippen LogP contribution in [0.25, 0.3) is 0 Å². The molecule has 0 aromatic heterocycles. The molecule has 156 valence electrons. The maximum Gasteiger partial charge on any atom is 0.303 e. The number of hydrogen-bond acceptors (Lipinski definition) is 3. The summed E-state index contributed by atoms with van der Waals surface area (Å²) in [6.45, 7) is 2.18. The Hall–Kier alpha value is -1.39. The van der Waals surface area contributed by atoms with Crippen molar-refractivity contribution in [3.8, 4) is 0 Å². The van der Waals surface area contributed by atoms with E-state index in [2.05, 4.69) is 43.4 Å². The van der Waals surface area contributed by atoms with Gasteiger partial charge in [0, 0.05) is 18.9 Å². The lowest BCUT2D eigenvalue weighted by Crippen LogP contribution is -2.23. The van der Waals surface area contributed by atoms with Gasteiger partial charge in [0.25, 0.3) is 0 Å². The molecule has 0 aliphatic rings. The predicted molar refractivity (Wildman–Crippen MR) is 113 cm³/mol. The largest absolute Gasteiger partial charge is 0.481 e. The summed E-state index contributed by atoms with van der Waals surface area (Å²) in [5.74, 6) is -0.764. The van der Waals surface area contributed by atoms with E-state index in [1.807, 2.05) is 0 Å². The quantitative estimate of drug-likeness (QED) is 0.219. The van der Waals surface area contributed by atoms with Gasteiger partial charge in [-0.25, -0.2) is 0 Å². The summed E-state index contributed by atoms with van der Waals surface area (Å²) in [5, 5.41) is 28.1. The molecule has 0 spiro atoms. The van der Waals surface area contributed by atoms with Crippen molar-refractivity contribution in [2.75, 3.05) is 6.61 Å². The summed E-state index contributed by atoms with van der Waals surface area (Å²) in [4.78, 5) is 10.4. The number of rotatable bonds is 18. The Morgan fingerprint density at radius 2 is 1.56 bits per heavy atom. The summed E-state index contributed by atoms with van der Waals surface area (Å²) in [5.41, 5.74) is 0. The minimum atomic E-state index is -0.709. The van der Waals surface area contributed by atoms with Crippen molar-refractivity contribution in [1.29, 1.82) is 0 Å². The molecule has 2 atom stereocenters. The van der Waals surface area contributed by atoms with Crippen LogP contribution in [0.1, 0.15) is 84.0 Å². The van der Waals surface area contributed by atoms with Crippen molar-refractivity contribution in [2.24, 2.45) is 5.92 Å². The maximum absolute atomic E-state index is 10.4. The molecule has 0 aliphatic carbocycles. The first kappa shape index (κ1) is 25.6. The smallest absolute Gasteiger partial charge is 0.303 e. The monoisotopic (exact) mass is 380 g/mol. The summed E-state index contributed by atoms with van der Waals surface area (Å²) >= 11 is 0. The van der Waals surface area contributed by atoms with Crippen LogP contribution in [0.5, 0.6) is 0 Å². The van der Waals surface area contributed by atoms with E-state index in [1.54, 1.807) is 0 Å². The van der Waals surface area contributed by atoms with Crippen LogP contribution in [0, 0.1) is 5.92 Å². The lowest BCUT2D eigenvalue weighted by Gasteiger charge is -2.19. The second-order valence-corrected chi connectivity index (χ2v) is 7.12. The standard InChI is InChI=1S/C23H40O4/c1-2-3-14-18-22(25)21(20-24)17-15-12-10-8-6-4-5-7-9-11-13-16-19-23(26)27/h5-8,12,15,21-22,24-25H,2-4,9-11,13-14,16-20H2,1H3,(H,26,27)/b7-5-,8-6-,15-12-. The van der Waals surface area contributed by atoms with Gasteiger partial charge in [0.05, 0.1) is 6.10 Å². The molecule has 0 fully saturated rings. The van der Waals surface area contributed by atoms with Crippen molar-refractivity contribution in [1.82, 2.24) is 0 Å². The third-order valence-electron chi connectivity index (χ3n) is 4.63. The molecule has 4 heteroatoms. The van der Waals surface area contributed by atoms with Crippen LogP contribution in [0.2, 0.25) is 0 Å². The molecule has 27 heavy (non-hydrogen) atoms. The Labute approximate surface area is 165 Å². The van der Waals surface area contributed by atoms with Gasteiger partial charge in [0.15, 0.2) is 0 Å². The van der Waals surface area contributed by atoms with Crippen LogP contribution >= 0.6 is 0 Å². The minimum Gasteiger partial charge on any atom is -0.481 e. The summed E-state index contributed by atoms with van der Waals surface area (Å²) in [6.07, 6.45) is 23.0. The molecular weight excluding hydrogens is 340 g/mol. The molecular formula is C23H40O4. The lowest BCUT2D eigenvalue weighted by molar-refractivity contribution is -0.137. The lowest BCUT2D eigenvalue weighted by atomic mass is 9.95. The number of allylic oxidation sites excluding steroid dienone is 6. The number of carbonyl (C=O) groups is 1. The van der Waals surface area contributed by atoms with E-state index < -0.39 is 12.1 Å². The average Bonchev–Trinajstić information content (AvgIpc) is 2.64. The Balaban J connectivity index is 3.70. The molecule has 0 aliphatic heterocycles. The Kier molecular flexibility index (Phi) is 18.4. The summed E-state index contributed by atoms with van der Waals surface area (Å²) in [6, 6.07) is 0. The number of aliphatic hydroxyl groups is 2. The highest BCUT2D eigenvalue weighted by atomic mass is 16.4. The van der Waals surface area contributed by atoms with E-state index in [0.29, 0.717) is 0 Å². The fourth-order valence-corrected chi connectivity index (χ4v) is 2.84. The summed E-state index contributed by atoms with van der Waals surface area (Å²) < 4.78 is 0. The maximum atomic E-state index is 10.4. The molecule has 0 saturated heterocycles. The Bertz CT molecular complexity index is 426. The SMILES string of the molecule is CCCCCC(O)C(CO)C/C=C\C/C=C\C/C=C\CCCCCC(=O)O. The normalized spacial score (nSPS) is 14.5. The highest BCUT2D eigenvalue weighted by molar-refractivity contribution is 5.66. The second kappa shape index (κ2) is 19.4. The molecule has 0 rings (SSSR count). The van der Waals surface area contributed by atoms with Crippen molar-refractivity contribution in [3.05, 3.63) is 36.5 Å². The molecule has 0 amide bonds. The molecule has 3 N–H and O–H groups in total. The number of carboxylic acids is 1. The van der Waals surface area contributed by atoms with E-state index in [0.717, 1.165) is 70.6 Å². The van der Waals surface area contributed by atoms with Crippen molar-refractivity contribution in [2.45, 2.75) is 90.1 Å². The average molecular weight is 381 g/mol. The van der Waals surface area contributed by atoms with Crippen LogP contribution < -0.4 is 0 Å². The van der Waals surface area contributed by atoms with Crippen molar-refractivity contribution >= 4 is 5.97 Å². The van der Waals surface area contributed by atoms with Crippen LogP contribution in [0.3, 0.4) is 0 Å². The van der Waals surface area contributed by atoms with Gasteiger partial charge in [0.1, 0.15) is 0 Å². The van der Waals surface area contributed by atoms with E-state index in [-0.39, 0.29) is 18.9 Å². The minimum absolute atomic E-state index is 0.0363. The van der Waals surface area contributed by atoms with Gasteiger partial charge in [-0.15, -0.1) is 0 Å². The molecule has 0 radical (unpaired) electrons. The predicted octanol–water partition coefficient (Wildman–Crippen LogP) is 5.41. The van der Waals surface area contributed by atoms with Gasteiger partial charge in [-0.2, -0.15) is 0 Å². The van der Waals surface area contributed by atoms with Gasteiger partial charge in [-0.3, -0.25) is 4.79 Å². The first-order valence-electron chi connectivity index (χ1n) is 10.6. The Morgan fingerprint density at radius 3 is 2.19 bits per heavy atom. The third kappa shape index (κ3) is 17.8. The van der Waals surface area contributed by atoms with Gasteiger partial charge in [-0.1, -0.05) is 69.1 Å². The van der Waals surface area contributed by atoms with Gasteiger partial charge < -0.3 is 15.3 Å². The fourth-order valence-electron chi connectivity index (χ4n) is 2.84. The highest BCUT2D eigenvalue weighted by Crippen LogP contribution is 2.16. The molecule has 0 bridgehead atoms. The molecule has 2 unspecified atom stereocenters. The summed E-state index contributed by atoms with van der Waals surface area (Å²) in [7, 11) is 0. The van der Waals surface area contributed by atoms with E-state index in [1.165, 1.54) is 0 Å². The highest BCUT2D eigenvalue weighted by Gasteiger charge is 2.16. The van der Waals surface area contributed by atoms with Crippen molar-refractivity contribution < 1.29 is 20.1 Å². The van der Waals surface area contributed by atoms with Crippen LogP contribution in [0.15, 0.2) is 36.5 Å². The number of hydrogen-bond donors (Lipinski definition) is 3. The first-order chi connectivity index (χ1) is 13.1. The second-order valence-electron chi connectivity index (χ2n) is 7.12. The van der Waals surface area contributed by atoms with E-state index in [4.69, 9.17) is 5.11 Å². The first-order valence-corrected chi connectivity index (χ1v) is 10.6. The zero-order chi connectivity index (χ0) is 20.2. The fraction of sp³-hybridized carbons (Fsp3) is 0.696. The van der Waals surface area contributed by atoms with Gasteiger partial charge in [0.2, 0.25) is 0 Å². The third-order valence-corrected chi connectivity index (χ3v) is 4.63. The van der Waals surface area contributed by atoms with Crippen molar-refractivity contribution in [3.63, 3.8) is 0 Å². The zero-order valence-corrected chi connectivity index (χ0v) is 17.1. The Morgan fingerprint density at radius 1 is 0.889 bits per heavy atom. The number of carboxylic acid groups (broad SMARTS) is 1. The van der Waals surface area contributed by atoms with Crippen LogP contribution in [-0.4, -0.2) is 34.0 Å². The van der Waals surface area contributed by atoms with Crippen LogP contribution in [-0.2, 0) is 4.79 Å². The number of unbranched alkanes of at least 4 members (excludes halogenated alkanes) is 5. The molecule has 0 heterocycles. The molecule has 0 aromatic carbocycles. The van der Waals surface area contributed by atoms with Crippen LogP contribution in [0.4, 0.5) is 0 Å². The number of aliphatic carboxylic acids is 1. The van der Waals surface area contributed by atoms with Gasteiger partial charge in [-0.05, 0) is 44.9 Å². The molecule has 0 saturated carbocycles. The number of aliphatic hydroxyl groups excluding tert-OH is 2.